The number of hydrogen-bond donors (Lipinski definition) is 2. The summed E-state index contributed by atoms with van der Waals surface area (Å²) in [5.74, 6) is 0. The van der Waals surface area contributed by atoms with E-state index < -0.39 is 0 Å². The highest BCUT2D eigenvalue weighted by Gasteiger charge is 2.11. The number of rotatable bonds is 4. The first-order valence-corrected chi connectivity index (χ1v) is 9.46. The van der Waals surface area contributed by atoms with Crippen molar-refractivity contribution in [3.63, 3.8) is 0 Å². The molecule has 0 saturated carbocycles. The molecule has 118 valence electrons. The Kier molecular flexibility index (Phi) is 5.20. The van der Waals surface area contributed by atoms with Gasteiger partial charge >= 0.3 is 0 Å². The van der Waals surface area contributed by atoms with Gasteiger partial charge in [-0.1, -0.05) is 24.3 Å². The molecule has 0 bridgehead atoms. The molecule has 0 fully saturated rings. The molecule has 23 heavy (non-hydrogen) atoms. The molecule has 0 atom stereocenters. The summed E-state index contributed by atoms with van der Waals surface area (Å²) in [7, 11) is 0. The summed E-state index contributed by atoms with van der Waals surface area (Å²) in [5.41, 5.74) is 3.26. The summed E-state index contributed by atoms with van der Waals surface area (Å²) in [6, 6.07) is 8.39. The predicted molar refractivity (Wildman–Crippen MR) is 103 cm³/mol. The van der Waals surface area contributed by atoms with Gasteiger partial charge in [0.25, 0.3) is 0 Å². The minimum Gasteiger partial charge on any atom is -0.387 e. The van der Waals surface area contributed by atoms with E-state index in [0.29, 0.717) is 0 Å². The minimum atomic E-state index is 0.837. The number of aromatic nitrogens is 1. The molecule has 1 aliphatic rings. The zero-order valence-corrected chi connectivity index (χ0v) is 14.8. The van der Waals surface area contributed by atoms with Crippen LogP contribution in [0.2, 0.25) is 0 Å². The molecule has 1 aliphatic heterocycles. The number of nitrogens with one attached hydrogen (secondary N) is 2. The standard InChI is InChI=1S/C18H19N3S2/c1-13-17(14-6-4-10-19-11-5-7-14)21-18(23-13)20-15-8-3-9-16(12-15)22-2/h3-10,12,19H,11H2,1-2H3,(H,20,21)/b7-5?,10-4-,14-6?. The van der Waals surface area contributed by atoms with Crippen LogP contribution in [0, 0.1) is 6.92 Å². The molecular formula is C18H19N3S2. The van der Waals surface area contributed by atoms with Crippen molar-refractivity contribution in [2.45, 2.75) is 11.8 Å². The van der Waals surface area contributed by atoms with Crippen LogP contribution >= 0.6 is 23.1 Å². The van der Waals surface area contributed by atoms with Crippen LogP contribution in [-0.4, -0.2) is 17.8 Å². The van der Waals surface area contributed by atoms with Gasteiger partial charge in [-0.05, 0) is 43.7 Å². The monoisotopic (exact) mass is 341 g/mol. The average Bonchev–Trinajstić information content (AvgIpc) is 2.87. The number of benzene rings is 1. The summed E-state index contributed by atoms with van der Waals surface area (Å²) in [5, 5.41) is 7.52. The van der Waals surface area contributed by atoms with Crippen molar-refractivity contribution in [3.05, 3.63) is 65.3 Å². The Labute approximate surface area is 145 Å². The van der Waals surface area contributed by atoms with Crippen LogP contribution in [0.5, 0.6) is 0 Å². The third-order valence-corrected chi connectivity index (χ3v) is 5.03. The molecule has 0 saturated heterocycles. The van der Waals surface area contributed by atoms with Gasteiger partial charge in [0.2, 0.25) is 0 Å². The second-order valence-corrected chi connectivity index (χ2v) is 7.16. The maximum absolute atomic E-state index is 4.78. The summed E-state index contributed by atoms with van der Waals surface area (Å²) in [6.45, 7) is 2.95. The van der Waals surface area contributed by atoms with E-state index in [1.54, 1.807) is 23.1 Å². The van der Waals surface area contributed by atoms with E-state index in [2.05, 4.69) is 66.3 Å². The summed E-state index contributed by atoms with van der Waals surface area (Å²) < 4.78 is 0. The highest BCUT2D eigenvalue weighted by molar-refractivity contribution is 7.98. The molecule has 5 heteroatoms. The van der Waals surface area contributed by atoms with Crippen LogP contribution in [0.3, 0.4) is 0 Å². The van der Waals surface area contributed by atoms with Crippen LogP contribution in [0.15, 0.2) is 59.7 Å². The van der Waals surface area contributed by atoms with Gasteiger partial charge < -0.3 is 10.6 Å². The molecule has 0 unspecified atom stereocenters. The van der Waals surface area contributed by atoms with Gasteiger partial charge in [-0.15, -0.1) is 23.1 Å². The normalized spacial score (nSPS) is 15.3. The Morgan fingerprint density at radius 2 is 2.26 bits per heavy atom. The van der Waals surface area contributed by atoms with Crippen molar-refractivity contribution in [1.82, 2.24) is 10.3 Å². The average molecular weight is 342 g/mol. The SMILES string of the molecule is CSc1cccc(Nc2nc(C3=C/C=C\NCC=C3)c(C)s2)c1. The van der Waals surface area contributed by atoms with Gasteiger partial charge in [-0.3, -0.25) is 0 Å². The lowest BCUT2D eigenvalue weighted by Crippen LogP contribution is -2.04. The van der Waals surface area contributed by atoms with E-state index in [4.69, 9.17) is 4.98 Å². The predicted octanol–water partition coefficient (Wildman–Crippen LogP) is 4.97. The molecule has 3 nitrogen and oxygen atoms in total. The third kappa shape index (κ3) is 4.06. The first kappa shape index (κ1) is 15.9. The highest BCUT2D eigenvalue weighted by atomic mass is 32.2. The Morgan fingerprint density at radius 3 is 3.13 bits per heavy atom. The molecule has 0 amide bonds. The van der Waals surface area contributed by atoms with Gasteiger partial charge in [-0.2, -0.15) is 0 Å². The Balaban J connectivity index is 1.85. The zero-order valence-electron chi connectivity index (χ0n) is 13.2. The Bertz CT molecular complexity index is 772. The topological polar surface area (TPSA) is 37.0 Å². The van der Waals surface area contributed by atoms with Crippen molar-refractivity contribution >= 4 is 39.5 Å². The van der Waals surface area contributed by atoms with Crippen LogP contribution < -0.4 is 10.6 Å². The molecule has 2 heterocycles. The smallest absolute Gasteiger partial charge is 0.187 e. The Hall–Kier alpha value is -1.98. The van der Waals surface area contributed by atoms with Gasteiger partial charge in [0, 0.05) is 27.6 Å². The van der Waals surface area contributed by atoms with Crippen molar-refractivity contribution in [1.29, 1.82) is 0 Å². The van der Waals surface area contributed by atoms with E-state index in [-0.39, 0.29) is 0 Å². The summed E-state index contributed by atoms with van der Waals surface area (Å²) >= 11 is 3.42. The van der Waals surface area contributed by atoms with Gasteiger partial charge in [0.05, 0.1) is 5.69 Å². The van der Waals surface area contributed by atoms with E-state index in [9.17, 15) is 0 Å². The Morgan fingerprint density at radius 1 is 1.35 bits per heavy atom. The van der Waals surface area contributed by atoms with Gasteiger partial charge in [0.1, 0.15) is 0 Å². The van der Waals surface area contributed by atoms with E-state index in [1.165, 1.54) is 9.77 Å². The maximum Gasteiger partial charge on any atom is 0.187 e. The van der Waals surface area contributed by atoms with Crippen LogP contribution in [0.25, 0.3) is 5.57 Å². The summed E-state index contributed by atoms with van der Waals surface area (Å²) in [4.78, 5) is 7.24. The second-order valence-electron chi connectivity index (χ2n) is 5.07. The number of nitrogens with zero attached hydrogens (tertiary/aromatic N) is 1. The van der Waals surface area contributed by atoms with E-state index in [0.717, 1.165) is 28.6 Å². The van der Waals surface area contributed by atoms with Crippen molar-refractivity contribution in [2.24, 2.45) is 0 Å². The fraction of sp³-hybridized carbons (Fsp3) is 0.167. The maximum atomic E-state index is 4.78. The molecule has 1 aromatic heterocycles. The van der Waals surface area contributed by atoms with Crippen molar-refractivity contribution < 1.29 is 0 Å². The number of hydrogen-bond acceptors (Lipinski definition) is 5. The zero-order chi connectivity index (χ0) is 16.1. The molecule has 0 spiro atoms. The van der Waals surface area contributed by atoms with Gasteiger partial charge in [-0.25, -0.2) is 4.98 Å². The van der Waals surface area contributed by atoms with E-state index in [1.807, 2.05) is 12.3 Å². The second kappa shape index (κ2) is 7.53. The fourth-order valence-electron chi connectivity index (χ4n) is 2.30. The number of anilines is 2. The molecule has 2 aromatic rings. The fourth-order valence-corrected chi connectivity index (χ4v) is 3.61. The van der Waals surface area contributed by atoms with Crippen LogP contribution in [0.4, 0.5) is 10.8 Å². The molecular weight excluding hydrogens is 322 g/mol. The number of thiazole rings is 1. The highest BCUT2D eigenvalue weighted by Crippen LogP contribution is 2.31. The minimum absolute atomic E-state index is 0.837. The number of allylic oxidation sites excluding steroid dienone is 4. The lowest BCUT2D eigenvalue weighted by molar-refractivity contribution is 0.984. The lowest BCUT2D eigenvalue weighted by Gasteiger charge is -2.04. The quantitative estimate of drug-likeness (QED) is 0.770. The molecule has 3 rings (SSSR count). The largest absolute Gasteiger partial charge is 0.387 e. The number of thioether (sulfide) groups is 1. The van der Waals surface area contributed by atoms with Crippen molar-refractivity contribution in [3.8, 4) is 0 Å². The first-order chi connectivity index (χ1) is 11.3. The molecule has 1 aromatic carbocycles. The molecule has 2 N–H and O–H groups in total. The van der Waals surface area contributed by atoms with E-state index >= 15 is 0 Å². The van der Waals surface area contributed by atoms with Crippen LogP contribution in [0.1, 0.15) is 10.6 Å². The lowest BCUT2D eigenvalue weighted by atomic mass is 10.1. The molecule has 0 aliphatic carbocycles. The number of aryl methyl sites for hydroxylation is 1. The van der Waals surface area contributed by atoms with Crippen LogP contribution in [-0.2, 0) is 0 Å². The third-order valence-electron chi connectivity index (χ3n) is 3.41. The first-order valence-electron chi connectivity index (χ1n) is 7.42. The summed E-state index contributed by atoms with van der Waals surface area (Å²) in [6.07, 6.45) is 12.4. The van der Waals surface area contributed by atoms with Gasteiger partial charge in [0.15, 0.2) is 5.13 Å². The molecule has 0 radical (unpaired) electrons. The van der Waals surface area contributed by atoms with Crippen molar-refractivity contribution in [2.75, 3.05) is 18.1 Å².